The van der Waals surface area contributed by atoms with E-state index in [1.54, 1.807) is 6.92 Å². The van der Waals surface area contributed by atoms with Gasteiger partial charge in [0.15, 0.2) is 5.89 Å². The average Bonchev–Trinajstić information content (AvgIpc) is 2.28. The number of aromatic nitrogens is 1. The van der Waals surface area contributed by atoms with Crippen LogP contribution in [-0.2, 0) is 11.2 Å². The van der Waals surface area contributed by atoms with Crippen LogP contribution in [0, 0.1) is 13.8 Å². The van der Waals surface area contributed by atoms with Crippen LogP contribution in [0.1, 0.15) is 31.2 Å². The molecule has 0 saturated heterocycles. The highest BCUT2D eigenvalue weighted by atomic mass is 16.4. The van der Waals surface area contributed by atoms with Gasteiger partial charge < -0.3 is 9.73 Å². The van der Waals surface area contributed by atoms with Gasteiger partial charge in [0.05, 0.1) is 12.1 Å². The van der Waals surface area contributed by atoms with Crippen molar-refractivity contribution in [3.63, 3.8) is 0 Å². The van der Waals surface area contributed by atoms with Crippen LogP contribution in [0.3, 0.4) is 0 Å². The molecule has 0 bridgehead atoms. The summed E-state index contributed by atoms with van der Waals surface area (Å²) >= 11 is 0. The summed E-state index contributed by atoms with van der Waals surface area (Å²) in [7, 11) is 0. The summed E-state index contributed by atoms with van der Waals surface area (Å²) in [6.45, 7) is 7.47. The molecule has 1 rings (SSSR count). The summed E-state index contributed by atoms with van der Waals surface area (Å²) in [6.07, 6.45) is 0.269. The first-order valence-electron chi connectivity index (χ1n) is 4.71. The van der Waals surface area contributed by atoms with Gasteiger partial charge in [-0.2, -0.15) is 0 Å². The molecule has 4 nitrogen and oxygen atoms in total. The smallest absolute Gasteiger partial charge is 0.227 e. The number of carbonyl (C=O) groups is 1. The van der Waals surface area contributed by atoms with E-state index in [0.29, 0.717) is 11.7 Å². The molecule has 1 amide bonds. The summed E-state index contributed by atoms with van der Waals surface area (Å²) in [4.78, 5) is 15.5. The van der Waals surface area contributed by atoms with Gasteiger partial charge in [0.2, 0.25) is 5.91 Å². The number of aryl methyl sites for hydroxylation is 2. The second kappa shape index (κ2) is 4.26. The highest BCUT2D eigenvalue weighted by Gasteiger charge is 2.11. The molecule has 0 aliphatic carbocycles. The summed E-state index contributed by atoms with van der Waals surface area (Å²) in [5.74, 6) is 1.23. The number of amides is 1. The highest BCUT2D eigenvalue weighted by molar-refractivity contribution is 5.78. The first kappa shape index (κ1) is 10.8. The molecular formula is C10H16N2O2. The SMILES string of the molecule is Cc1nc(C)c(CC(=O)NC(C)C)o1. The van der Waals surface area contributed by atoms with Gasteiger partial charge in [-0.25, -0.2) is 4.98 Å². The Morgan fingerprint density at radius 1 is 1.50 bits per heavy atom. The van der Waals surface area contributed by atoms with Crippen molar-refractivity contribution >= 4 is 5.91 Å². The molecule has 0 fully saturated rings. The van der Waals surface area contributed by atoms with Crippen LogP contribution in [0.4, 0.5) is 0 Å². The molecular weight excluding hydrogens is 180 g/mol. The minimum Gasteiger partial charge on any atom is -0.445 e. The van der Waals surface area contributed by atoms with Crippen LogP contribution in [-0.4, -0.2) is 16.9 Å². The minimum absolute atomic E-state index is 0.0285. The topological polar surface area (TPSA) is 55.1 Å². The van der Waals surface area contributed by atoms with Crippen LogP contribution >= 0.6 is 0 Å². The predicted octanol–water partition coefficient (Wildman–Crippen LogP) is 1.36. The third-order valence-corrected chi connectivity index (χ3v) is 1.77. The summed E-state index contributed by atoms with van der Waals surface area (Å²) in [5.41, 5.74) is 0.793. The molecule has 0 saturated carbocycles. The molecule has 0 spiro atoms. The van der Waals surface area contributed by atoms with Crippen molar-refractivity contribution in [1.29, 1.82) is 0 Å². The fraction of sp³-hybridized carbons (Fsp3) is 0.600. The zero-order valence-electron chi connectivity index (χ0n) is 9.05. The van der Waals surface area contributed by atoms with E-state index in [-0.39, 0.29) is 18.4 Å². The van der Waals surface area contributed by atoms with Crippen LogP contribution in [0.25, 0.3) is 0 Å². The lowest BCUT2D eigenvalue weighted by Crippen LogP contribution is -2.31. The van der Waals surface area contributed by atoms with E-state index in [9.17, 15) is 4.79 Å². The van der Waals surface area contributed by atoms with E-state index in [0.717, 1.165) is 5.69 Å². The molecule has 1 N–H and O–H groups in total. The van der Waals surface area contributed by atoms with Crippen molar-refractivity contribution < 1.29 is 9.21 Å². The van der Waals surface area contributed by atoms with Gasteiger partial charge in [-0.15, -0.1) is 0 Å². The molecule has 0 aliphatic heterocycles. The van der Waals surface area contributed by atoms with E-state index >= 15 is 0 Å². The third-order valence-electron chi connectivity index (χ3n) is 1.77. The third kappa shape index (κ3) is 2.87. The first-order valence-corrected chi connectivity index (χ1v) is 4.71. The fourth-order valence-electron chi connectivity index (χ4n) is 1.26. The van der Waals surface area contributed by atoms with Gasteiger partial charge >= 0.3 is 0 Å². The van der Waals surface area contributed by atoms with Crippen molar-refractivity contribution in [2.45, 2.75) is 40.2 Å². The second-order valence-electron chi connectivity index (χ2n) is 3.64. The molecule has 1 aromatic rings. The summed E-state index contributed by atoms with van der Waals surface area (Å²) in [5, 5.41) is 2.80. The lowest BCUT2D eigenvalue weighted by atomic mass is 10.2. The Labute approximate surface area is 83.7 Å². The lowest BCUT2D eigenvalue weighted by molar-refractivity contribution is -0.121. The van der Waals surface area contributed by atoms with Crippen LogP contribution < -0.4 is 5.32 Å². The van der Waals surface area contributed by atoms with Crippen LogP contribution in [0.2, 0.25) is 0 Å². The number of carbonyl (C=O) groups excluding carboxylic acids is 1. The number of oxazole rings is 1. The largest absolute Gasteiger partial charge is 0.445 e. The maximum absolute atomic E-state index is 11.4. The van der Waals surface area contributed by atoms with Crippen molar-refractivity contribution in [2.75, 3.05) is 0 Å². The maximum atomic E-state index is 11.4. The van der Waals surface area contributed by atoms with Crippen molar-refractivity contribution in [3.05, 3.63) is 17.3 Å². The highest BCUT2D eigenvalue weighted by Crippen LogP contribution is 2.09. The van der Waals surface area contributed by atoms with Gasteiger partial charge in [-0.3, -0.25) is 4.79 Å². The van der Waals surface area contributed by atoms with Gasteiger partial charge in [-0.05, 0) is 20.8 Å². The number of nitrogens with one attached hydrogen (secondary N) is 1. The number of hydrogen-bond donors (Lipinski definition) is 1. The summed E-state index contributed by atoms with van der Waals surface area (Å²) in [6, 6.07) is 0.159. The Kier molecular flexibility index (Phi) is 3.28. The Bertz CT molecular complexity index is 329. The molecule has 14 heavy (non-hydrogen) atoms. The quantitative estimate of drug-likeness (QED) is 0.794. The van der Waals surface area contributed by atoms with Crippen LogP contribution in [0.15, 0.2) is 4.42 Å². The van der Waals surface area contributed by atoms with Gasteiger partial charge in [-0.1, -0.05) is 0 Å². The molecule has 0 aromatic carbocycles. The Morgan fingerprint density at radius 3 is 2.57 bits per heavy atom. The van der Waals surface area contributed by atoms with Crippen molar-refractivity contribution in [3.8, 4) is 0 Å². The van der Waals surface area contributed by atoms with Gasteiger partial charge in [0, 0.05) is 13.0 Å². The lowest BCUT2D eigenvalue weighted by Gasteiger charge is -2.06. The van der Waals surface area contributed by atoms with E-state index < -0.39 is 0 Å². The normalized spacial score (nSPS) is 10.6. The number of hydrogen-bond acceptors (Lipinski definition) is 3. The molecule has 4 heteroatoms. The second-order valence-corrected chi connectivity index (χ2v) is 3.64. The van der Waals surface area contributed by atoms with E-state index in [2.05, 4.69) is 10.3 Å². The molecule has 0 radical (unpaired) electrons. The molecule has 0 atom stereocenters. The Hall–Kier alpha value is -1.32. The fourth-order valence-corrected chi connectivity index (χ4v) is 1.26. The molecule has 0 unspecified atom stereocenters. The van der Waals surface area contributed by atoms with E-state index in [4.69, 9.17) is 4.42 Å². The van der Waals surface area contributed by atoms with Crippen molar-refractivity contribution in [2.24, 2.45) is 0 Å². The zero-order chi connectivity index (χ0) is 10.7. The van der Waals surface area contributed by atoms with Gasteiger partial charge in [0.25, 0.3) is 0 Å². The van der Waals surface area contributed by atoms with E-state index in [1.165, 1.54) is 0 Å². The minimum atomic E-state index is -0.0285. The standard InChI is InChI=1S/C10H16N2O2/c1-6(2)11-10(13)5-9-7(3)12-8(4)14-9/h6H,5H2,1-4H3,(H,11,13). The zero-order valence-corrected chi connectivity index (χ0v) is 9.05. The molecule has 1 aromatic heterocycles. The molecule has 1 heterocycles. The maximum Gasteiger partial charge on any atom is 0.227 e. The van der Waals surface area contributed by atoms with Crippen molar-refractivity contribution in [1.82, 2.24) is 10.3 Å². The number of rotatable bonds is 3. The number of nitrogens with zero attached hydrogens (tertiary/aromatic N) is 1. The Balaban J connectivity index is 2.60. The summed E-state index contributed by atoms with van der Waals surface area (Å²) < 4.78 is 5.29. The van der Waals surface area contributed by atoms with Crippen LogP contribution in [0.5, 0.6) is 0 Å². The Morgan fingerprint density at radius 2 is 2.14 bits per heavy atom. The molecule has 0 aliphatic rings. The average molecular weight is 196 g/mol. The molecule has 78 valence electrons. The predicted molar refractivity (Wildman–Crippen MR) is 53.0 cm³/mol. The first-order chi connectivity index (χ1) is 6.49. The van der Waals surface area contributed by atoms with Gasteiger partial charge in [0.1, 0.15) is 5.76 Å². The van der Waals surface area contributed by atoms with E-state index in [1.807, 2.05) is 20.8 Å². The monoisotopic (exact) mass is 196 g/mol.